The number of fused-ring (bicyclic) bond motifs is 1. The summed E-state index contributed by atoms with van der Waals surface area (Å²) in [5, 5.41) is 7.50. The molecule has 0 bridgehead atoms. The van der Waals surface area contributed by atoms with Gasteiger partial charge in [0.25, 0.3) is 6.43 Å². The first-order valence-corrected chi connectivity index (χ1v) is 6.29. The maximum absolute atomic E-state index is 12.7. The molecule has 0 aliphatic heterocycles. The number of nitrogens with two attached hydrogens (primary N) is 1. The number of rotatable bonds is 3. The van der Waals surface area contributed by atoms with Gasteiger partial charge in [-0.05, 0) is 19.4 Å². The molecule has 2 aromatic rings. The molecule has 102 valence electrons. The van der Waals surface area contributed by atoms with Gasteiger partial charge in [-0.3, -0.25) is 0 Å². The normalized spacial score (nSPS) is 11.2. The van der Waals surface area contributed by atoms with E-state index in [4.69, 9.17) is 10.5 Å². The fourth-order valence-electron chi connectivity index (χ4n) is 1.72. The van der Waals surface area contributed by atoms with Gasteiger partial charge in [-0.2, -0.15) is 0 Å². The van der Waals surface area contributed by atoms with Gasteiger partial charge in [0.1, 0.15) is 15.4 Å². The maximum Gasteiger partial charge on any atom is 0.350 e. The number of anilines is 1. The molecule has 0 aliphatic rings. The Morgan fingerprint density at radius 2 is 2.16 bits per heavy atom. The number of nitrogen functional groups attached to an aromatic ring is 1. The Morgan fingerprint density at radius 1 is 1.47 bits per heavy atom. The van der Waals surface area contributed by atoms with Gasteiger partial charge in [-0.25, -0.2) is 13.6 Å². The third kappa shape index (κ3) is 2.23. The fraction of sp³-hybridized carbons (Fsp3) is 0.364. The van der Waals surface area contributed by atoms with Gasteiger partial charge in [-0.1, -0.05) is 0 Å². The molecular formula is C11H11F2N3O2S. The molecule has 2 rings (SSSR count). The minimum absolute atomic E-state index is 0.118. The summed E-state index contributed by atoms with van der Waals surface area (Å²) in [6, 6.07) is 0. The van der Waals surface area contributed by atoms with Crippen molar-refractivity contribution in [2.45, 2.75) is 20.3 Å². The Morgan fingerprint density at radius 3 is 2.74 bits per heavy atom. The van der Waals surface area contributed by atoms with Crippen LogP contribution in [0, 0.1) is 6.92 Å². The number of ether oxygens (including phenoxy) is 1. The summed E-state index contributed by atoms with van der Waals surface area (Å²) in [6.07, 6.45) is -2.73. The van der Waals surface area contributed by atoms with Crippen LogP contribution in [0.5, 0.6) is 0 Å². The highest BCUT2D eigenvalue weighted by Crippen LogP contribution is 2.37. The number of hydrogen-bond acceptors (Lipinski definition) is 6. The lowest BCUT2D eigenvalue weighted by molar-refractivity contribution is 0.0533. The standard InChI is InChI=1S/C11H11F2N3O2S/c1-3-18-11(17)8-6(14)5-4(2)7(9(12)13)15-16-10(5)19-8/h9H,3,14H2,1-2H3. The summed E-state index contributed by atoms with van der Waals surface area (Å²) < 4.78 is 30.3. The monoisotopic (exact) mass is 287 g/mol. The topological polar surface area (TPSA) is 78.1 Å². The molecule has 0 fully saturated rings. The van der Waals surface area contributed by atoms with Crippen molar-refractivity contribution in [3.05, 3.63) is 16.1 Å². The zero-order valence-electron chi connectivity index (χ0n) is 10.2. The smallest absolute Gasteiger partial charge is 0.350 e. The molecule has 0 atom stereocenters. The molecule has 0 saturated carbocycles. The van der Waals surface area contributed by atoms with Crippen LogP contribution in [0.2, 0.25) is 0 Å². The van der Waals surface area contributed by atoms with Crippen LogP contribution < -0.4 is 5.73 Å². The van der Waals surface area contributed by atoms with E-state index in [2.05, 4.69) is 10.2 Å². The highest BCUT2D eigenvalue weighted by molar-refractivity contribution is 7.21. The van der Waals surface area contributed by atoms with Crippen molar-refractivity contribution in [3.8, 4) is 0 Å². The van der Waals surface area contributed by atoms with Gasteiger partial charge in [0, 0.05) is 5.39 Å². The van der Waals surface area contributed by atoms with Crippen LogP contribution in [0.4, 0.5) is 14.5 Å². The summed E-state index contributed by atoms with van der Waals surface area (Å²) >= 11 is 0.988. The number of alkyl halides is 2. The second kappa shape index (κ2) is 5.04. The Balaban J connectivity index is 2.64. The van der Waals surface area contributed by atoms with Crippen molar-refractivity contribution in [1.82, 2.24) is 10.2 Å². The SMILES string of the molecule is CCOC(=O)c1sc2nnc(C(F)F)c(C)c2c1N. The third-order valence-electron chi connectivity index (χ3n) is 2.60. The van der Waals surface area contributed by atoms with E-state index in [0.29, 0.717) is 10.2 Å². The van der Waals surface area contributed by atoms with Gasteiger partial charge >= 0.3 is 5.97 Å². The average molecular weight is 287 g/mol. The van der Waals surface area contributed by atoms with Crippen LogP contribution in [0.3, 0.4) is 0 Å². The maximum atomic E-state index is 12.7. The minimum Gasteiger partial charge on any atom is -0.462 e. The predicted octanol–water partition coefficient (Wildman–Crippen LogP) is 2.70. The zero-order chi connectivity index (χ0) is 14.2. The molecule has 0 aliphatic carbocycles. The lowest BCUT2D eigenvalue weighted by Crippen LogP contribution is -2.05. The van der Waals surface area contributed by atoms with Crippen LogP contribution in [0.1, 0.15) is 34.3 Å². The fourth-order valence-corrected chi connectivity index (χ4v) is 2.72. The van der Waals surface area contributed by atoms with E-state index in [1.807, 2.05) is 0 Å². The van der Waals surface area contributed by atoms with Crippen LogP contribution >= 0.6 is 11.3 Å². The molecule has 0 saturated heterocycles. The van der Waals surface area contributed by atoms with Crippen molar-refractivity contribution in [2.24, 2.45) is 0 Å². The number of thiophene rings is 1. The lowest BCUT2D eigenvalue weighted by Gasteiger charge is -2.04. The van der Waals surface area contributed by atoms with Gasteiger partial charge in [0.2, 0.25) is 0 Å². The second-order valence-corrected chi connectivity index (χ2v) is 4.76. The largest absolute Gasteiger partial charge is 0.462 e. The van der Waals surface area contributed by atoms with Crippen molar-refractivity contribution in [3.63, 3.8) is 0 Å². The molecule has 2 N–H and O–H groups in total. The molecule has 0 unspecified atom stereocenters. The number of halogens is 2. The Bertz CT molecular complexity index is 642. The van der Waals surface area contributed by atoms with E-state index in [9.17, 15) is 13.6 Å². The highest BCUT2D eigenvalue weighted by atomic mass is 32.1. The summed E-state index contributed by atoms with van der Waals surface area (Å²) in [7, 11) is 0. The summed E-state index contributed by atoms with van der Waals surface area (Å²) in [5.41, 5.74) is 5.77. The molecule has 0 amide bonds. The third-order valence-corrected chi connectivity index (χ3v) is 3.67. The second-order valence-electron chi connectivity index (χ2n) is 3.76. The molecule has 2 aromatic heterocycles. The lowest BCUT2D eigenvalue weighted by atomic mass is 10.1. The molecule has 19 heavy (non-hydrogen) atoms. The van der Waals surface area contributed by atoms with E-state index in [1.54, 1.807) is 6.92 Å². The predicted molar refractivity (Wildman–Crippen MR) is 67.5 cm³/mol. The molecular weight excluding hydrogens is 276 g/mol. The van der Waals surface area contributed by atoms with Crippen molar-refractivity contribution in [1.29, 1.82) is 0 Å². The highest BCUT2D eigenvalue weighted by Gasteiger charge is 2.23. The molecule has 0 aromatic carbocycles. The molecule has 2 heterocycles. The minimum atomic E-state index is -2.73. The van der Waals surface area contributed by atoms with E-state index < -0.39 is 18.1 Å². The quantitative estimate of drug-likeness (QED) is 0.878. The zero-order valence-corrected chi connectivity index (χ0v) is 11.1. The van der Waals surface area contributed by atoms with E-state index in [0.717, 1.165) is 11.3 Å². The first-order chi connectivity index (χ1) is 8.97. The van der Waals surface area contributed by atoms with Gasteiger partial charge < -0.3 is 10.5 Å². The van der Waals surface area contributed by atoms with Crippen LogP contribution in [0.25, 0.3) is 10.2 Å². The first-order valence-electron chi connectivity index (χ1n) is 5.47. The Labute approximate surface area is 111 Å². The van der Waals surface area contributed by atoms with Crippen molar-refractivity contribution in [2.75, 3.05) is 12.3 Å². The first kappa shape index (κ1) is 13.6. The molecule has 5 nitrogen and oxygen atoms in total. The number of hydrogen-bond donors (Lipinski definition) is 1. The molecule has 0 spiro atoms. The number of nitrogens with zero attached hydrogens (tertiary/aromatic N) is 2. The Kier molecular flexibility index (Phi) is 3.61. The van der Waals surface area contributed by atoms with Gasteiger partial charge in [-0.15, -0.1) is 21.5 Å². The summed E-state index contributed by atoms with van der Waals surface area (Å²) in [6.45, 7) is 3.36. The number of carbonyl (C=O) groups excluding carboxylic acids is 1. The number of carbonyl (C=O) groups is 1. The van der Waals surface area contributed by atoms with Crippen LogP contribution in [-0.2, 0) is 4.74 Å². The summed E-state index contributed by atoms with van der Waals surface area (Å²) in [5.74, 6) is -0.582. The number of esters is 1. The number of aryl methyl sites for hydroxylation is 1. The van der Waals surface area contributed by atoms with Crippen molar-refractivity contribution < 1.29 is 18.3 Å². The van der Waals surface area contributed by atoms with E-state index in [-0.39, 0.29) is 22.7 Å². The van der Waals surface area contributed by atoms with E-state index in [1.165, 1.54) is 6.92 Å². The molecule has 0 radical (unpaired) electrons. The average Bonchev–Trinajstić information content (AvgIpc) is 2.68. The Hall–Kier alpha value is -1.83. The van der Waals surface area contributed by atoms with E-state index >= 15 is 0 Å². The van der Waals surface area contributed by atoms with Gasteiger partial charge in [0.15, 0.2) is 0 Å². The van der Waals surface area contributed by atoms with Crippen LogP contribution in [0.15, 0.2) is 0 Å². The van der Waals surface area contributed by atoms with Crippen LogP contribution in [-0.4, -0.2) is 22.8 Å². The number of aromatic nitrogens is 2. The van der Waals surface area contributed by atoms with Crippen molar-refractivity contribution >= 4 is 33.2 Å². The summed E-state index contributed by atoms with van der Waals surface area (Å²) in [4.78, 5) is 12.2. The van der Waals surface area contributed by atoms with Gasteiger partial charge in [0.05, 0.1) is 12.3 Å². The molecule has 8 heteroatoms.